The van der Waals surface area contributed by atoms with Crippen molar-refractivity contribution in [3.8, 4) is 0 Å². The van der Waals surface area contributed by atoms with Gasteiger partial charge in [-0.3, -0.25) is 19.9 Å². The monoisotopic (exact) mass is 276 g/mol. The molecule has 2 rings (SSSR count). The van der Waals surface area contributed by atoms with Crippen molar-refractivity contribution < 1.29 is 9.59 Å². The molecular weight excluding hydrogens is 256 g/mol. The number of carbonyl (C=O) groups excluding carboxylic acids is 2. The SMILES string of the molecule is NNC(=O)C(CN1CCCC1C(N)=O)c1ccccc1. The molecule has 1 fully saturated rings. The highest BCUT2D eigenvalue weighted by Gasteiger charge is 2.32. The minimum absolute atomic E-state index is 0.258. The summed E-state index contributed by atoms with van der Waals surface area (Å²) in [5.74, 6) is 4.28. The molecule has 1 saturated heterocycles. The highest BCUT2D eigenvalue weighted by atomic mass is 16.2. The van der Waals surface area contributed by atoms with Gasteiger partial charge in [-0.1, -0.05) is 30.3 Å². The van der Waals surface area contributed by atoms with Crippen LogP contribution in [0.5, 0.6) is 0 Å². The molecule has 2 unspecified atom stereocenters. The summed E-state index contributed by atoms with van der Waals surface area (Å²) in [6, 6.07) is 9.13. The number of rotatable bonds is 5. The van der Waals surface area contributed by atoms with Crippen molar-refractivity contribution >= 4 is 11.8 Å². The molecule has 1 aliphatic heterocycles. The molecule has 1 aromatic carbocycles. The number of hydrogen-bond donors (Lipinski definition) is 3. The minimum atomic E-state index is -0.402. The predicted molar refractivity (Wildman–Crippen MR) is 75.3 cm³/mol. The van der Waals surface area contributed by atoms with Crippen molar-refractivity contribution in [1.82, 2.24) is 10.3 Å². The van der Waals surface area contributed by atoms with Crippen LogP contribution < -0.4 is 17.0 Å². The van der Waals surface area contributed by atoms with Crippen LogP contribution >= 0.6 is 0 Å². The first kappa shape index (κ1) is 14.5. The lowest BCUT2D eigenvalue weighted by Crippen LogP contribution is -2.45. The standard InChI is InChI=1S/C14H20N4O2/c15-13(19)12-7-4-8-18(12)9-11(14(20)17-16)10-5-2-1-3-6-10/h1-3,5-6,11-12H,4,7-9,16H2,(H2,15,19)(H,17,20). The van der Waals surface area contributed by atoms with Gasteiger partial charge in [0.05, 0.1) is 12.0 Å². The number of nitrogens with zero attached hydrogens (tertiary/aromatic N) is 1. The normalized spacial score (nSPS) is 20.6. The molecule has 5 N–H and O–H groups in total. The molecule has 0 radical (unpaired) electrons. The van der Waals surface area contributed by atoms with E-state index in [0.29, 0.717) is 6.54 Å². The Morgan fingerprint density at radius 1 is 1.35 bits per heavy atom. The Balaban J connectivity index is 2.16. The van der Waals surface area contributed by atoms with E-state index in [9.17, 15) is 9.59 Å². The number of likely N-dealkylation sites (tertiary alicyclic amines) is 1. The third-order valence-electron chi connectivity index (χ3n) is 3.77. The largest absolute Gasteiger partial charge is 0.368 e. The second-order valence-electron chi connectivity index (χ2n) is 5.03. The first-order valence-electron chi connectivity index (χ1n) is 6.72. The van der Waals surface area contributed by atoms with Gasteiger partial charge in [0.25, 0.3) is 0 Å². The topological polar surface area (TPSA) is 101 Å². The van der Waals surface area contributed by atoms with Crippen LogP contribution in [-0.4, -0.2) is 35.8 Å². The van der Waals surface area contributed by atoms with Gasteiger partial charge in [0.15, 0.2) is 0 Å². The number of hydrogen-bond acceptors (Lipinski definition) is 4. The van der Waals surface area contributed by atoms with Crippen LogP contribution in [0.1, 0.15) is 24.3 Å². The smallest absolute Gasteiger partial charge is 0.242 e. The molecule has 0 aliphatic carbocycles. The molecule has 2 amide bonds. The highest BCUT2D eigenvalue weighted by Crippen LogP contribution is 2.23. The molecule has 0 aromatic heterocycles. The predicted octanol–water partition coefficient (Wildman–Crippen LogP) is -0.290. The minimum Gasteiger partial charge on any atom is -0.368 e. The number of primary amides is 1. The fourth-order valence-corrected chi connectivity index (χ4v) is 2.73. The van der Waals surface area contributed by atoms with Crippen LogP contribution in [-0.2, 0) is 9.59 Å². The molecule has 6 heteroatoms. The molecule has 1 heterocycles. The summed E-state index contributed by atoms with van der Waals surface area (Å²) in [6.07, 6.45) is 1.67. The van der Waals surface area contributed by atoms with Crippen LogP contribution in [0.4, 0.5) is 0 Å². The summed E-state index contributed by atoms with van der Waals surface area (Å²) < 4.78 is 0. The van der Waals surface area contributed by atoms with Gasteiger partial charge in [-0.25, -0.2) is 5.84 Å². The summed E-state index contributed by atoms with van der Waals surface area (Å²) in [5, 5.41) is 0. The molecule has 20 heavy (non-hydrogen) atoms. The summed E-state index contributed by atoms with van der Waals surface area (Å²) in [7, 11) is 0. The molecule has 6 nitrogen and oxygen atoms in total. The number of carbonyl (C=O) groups is 2. The Hall–Kier alpha value is -1.92. The quantitative estimate of drug-likeness (QED) is 0.391. The average molecular weight is 276 g/mol. The highest BCUT2D eigenvalue weighted by molar-refractivity contribution is 5.84. The van der Waals surface area contributed by atoms with E-state index in [1.807, 2.05) is 35.2 Å². The van der Waals surface area contributed by atoms with Crippen LogP contribution in [0, 0.1) is 0 Å². The lowest BCUT2D eigenvalue weighted by Gasteiger charge is -2.26. The van der Waals surface area contributed by atoms with E-state index >= 15 is 0 Å². The van der Waals surface area contributed by atoms with E-state index in [4.69, 9.17) is 11.6 Å². The van der Waals surface area contributed by atoms with Crippen LogP contribution in [0.15, 0.2) is 30.3 Å². The van der Waals surface area contributed by atoms with E-state index < -0.39 is 5.92 Å². The van der Waals surface area contributed by atoms with Gasteiger partial charge in [0.2, 0.25) is 11.8 Å². The van der Waals surface area contributed by atoms with Crippen molar-refractivity contribution in [3.05, 3.63) is 35.9 Å². The first-order valence-corrected chi connectivity index (χ1v) is 6.72. The zero-order valence-electron chi connectivity index (χ0n) is 11.3. The maximum atomic E-state index is 12.0. The van der Waals surface area contributed by atoms with Crippen molar-refractivity contribution in [2.75, 3.05) is 13.1 Å². The van der Waals surface area contributed by atoms with E-state index in [0.717, 1.165) is 24.9 Å². The first-order chi connectivity index (χ1) is 9.63. The van der Waals surface area contributed by atoms with Gasteiger partial charge in [-0.2, -0.15) is 0 Å². The molecule has 1 aromatic rings. The molecule has 0 spiro atoms. The molecule has 0 bridgehead atoms. The third kappa shape index (κ3) is 3.15. The van der Waals surface area contributed by atoms with Gasteiger partial charge in [-0.05, 0) is 24.9 Å². The van der Waals surface area contributed by atoms with Crippen molar-refractivity contribution in [2.45, 2.75) is 24.8 Å². The third-order valence-corrected chi connectivity index (χ3v) is 3.77. The Kier molecular flexibility index (Phi) is 4.70. The molecule has 2 atom stereocenters. The maximum absolute atomic E-state index is 12.0. The van der Waals surface area contributed by atoms with Crippen LogP contribution in [0.25, 0.3) is 0 Å². The maximum Gasteiger partial charge on any atom is 0.242 e. The summed E-state index contributed by atoms with van der Waals surface area (Å²) in [4.78, 5) is 25.4. The number of nitrogens with one attached hydrogen (secondary N) is 1. The van der Waals surface area contributed by atoms with Gasteiger partial charge in [0.1, 0.15) is 0 Å². The molecule has 108 valence electrons. The van der Waals surface area contributed by atoms with Gasteiger partial charge < -0.3 is 5.73 Å². The lowest BCUT2D eigenvalue weighted by molar-refractivity contribution is -0.125. The Morgan fingerprint density at radius 2 is 2.05 bits per heavy atom. The van der Waals surface area contributed by atoms with E-state index in [2.05, 4.69) is 5.43 Å². The number of hydrazine groups is 1. The average Bonchev–Trinajstić information content (AvgIpc) is 2.93. The van der Waals surface area contributed by atoms with Crippen LogP contribution in [0.3, 0.4) is 0 Å². The second-order valence-corrected chi connectivity index (χ2v) is 5.03. The lowest BCUT2D eigenvalue weighted by atomic mass is 9.97. The summed E-state index contributed by atoms with van der Waals surface area (Å²) >= 11 is 0. The number of amides is 2. The number of benzene rings is 1. The van der Waals surface area contributed by atoms with Gasteiger partial charge in [-0.15, -0.1) is 0 Å². The van der Waals surface area contributed by atoms with Crippen LogP contribution in [0.2, 0.25) is 0 Å². The van der Waals surface area contributed by atoms with Crippen molar-refractivity contribution in [3.63, 3.8) is 0 Å². The molecular formula is C14H20N4O2. The number of nitrogens with two attached hydrogens (primary N) is 2. The summed E-state index contributed by atoms with van der Waals surface area (Å²) in [5.41, 5.74) is 8.49. The second kappa shape index (κ2) is 6.49. The Morgan fingerprint density at radius 3 is 2.65 bits per heavy atom. The van der Waals surface area contributed by atoms with Crippen molar-refractivity contribution in [1.29, 1.82) is 0 Å². The molecule has 0 saturated carbocycles. The van der Waals surface area contributed by atoms with Gasteiger partial charge in [0, 0.05) is 6.54 Å². The van der Waals surface area contributed by atoms with Crippen molar-refractivity contribution in [2.24, 2.45) is 11.6 Å². The van der Waals surface area contributed by atoms with E-state index in [-0.39, 0.29) is 17.9 Å². The summed E-state index contributed by atoms with van der Waals surface area (Å²) in [6.45, 7) is 1.22. The van der Waals surface area contributed by atoms with E-state index in [1.54, 1.807) is 0 Å². The fraction of sp³-hybridized carbons (Fsp3) is 0.429. The zero-order valence-corrected chi connectivity index (χ0v) is 11.3. The Bertz CT molecular complexity index is 477. The Labute approximate surface area is 118 Å². The zero-order chi connectivity index (χ0) is 14.5. The van der Waals surface area contributed by atoms with Gasteiger partial charge >= 0.3 is 0 Å². The molecule has 1 aliphatic rings. The van der Waals surface area contributed by atoms with E-state index in [1.165, 1.54) is 0 Å². The fourth-order valence-electron chi connectivity index (χ4n) is 2.73.